The predicted molar refractivity (Wildman–Crippen MR) is 97.3 cm³/mol. The van der Waals surface area contributed by atoms with Gasteiger partial charge in [0.25, 0.3) is 0 Å². The lowest BCUT2D eigenvalue weighted by Crippen LogP contribution is -2.33. The molecule has 0 unspecified atom stereocenters. The molecule has 0 amide bonds. The Hall–Kier alpha value is -1.53. The quantitative estimate of drug-likeness (QED) is 0.711. The summed E-state index contributed by atoms with van der Waals surface area (Å²) in [6.45, 7) is 2.23. The molecular weight excluding hydrogens is 368 g/mol. The van der Waals surface area contributed by atoms with Crippen LogP contribution in [0.1, 0.15) is 18.5 Å². The highest BCUT2D eigenvalue weighted by molar-refractivity contribution is 6.35. The molecule has 0 saturated carbocycles. The molecule has 0 bridgehead atoms. The number of aliphatic hydroxyl groups excluding tert-OH is 1. The Kier molecular flexibility index (Phi) is 7.32. The predicted octanol–water partition coefficient (Wildman–Crippen LogP) is 4.23. The van der Waals surface area contributed by atoms with Gasteiger partial charge in [0.15, 0.2) is 11.6 Å². The van der Waals surface area contributed by atoms with E-state index in [4.69, 9.17) is 32.7 Å². The molecule has 2 aromatic carbocycles. The second kappa shape index (κ2) is 9.25. The summed E-state index contributed by atoms with van der Waals surface area (Å²) in [6, 6.07) is 9.49. The van der Waals surface area contributed by atoms with E-state index in [2.05, 4.69) is 5.32 Å². The van der Waals surface area contributed by atoms with E-state index in [9.17, 15) is 9.50 Å². The van der Waals surface area contributed by atoms with Gasteiger partial charge in [0.2, 0.25) is 0 Å². The normalized spacial score (nSPS) is 13.4. The van der Waals surface area contributed by atoms with Crippen LogP contribution in [0.25, 0.3) is 0 Å². The van der Waals surface area contributed by atoms with E-state index >= 15 is 0 Å². The van der Waals surface area contributed by atoms with Crippen LogP contribution in [0, 0.1) is 5.82 Å². The zero-order valence-electron chi connectivity index (χ0n) is 13.9. The van der Waals surface area contributed by atoms with E-state index in [0.717, 1.165) is 5.56 Å². The van der Waals surface area contributed by atoms with Crippen molar-refractivity contribution in [3.63, 3.8) is 0 Å². The monoisotopic (exact) mass is 387 g/mol. The van der Waals surface area contributed by atoms with Gasteiger partial charge in [-0.25, -0.2) is 4.39 Å². The molecule has 7 heteroatoms. The van der Waals surface area contributed by atoms with Gasteiger partial charge in [-0.05, 0) is 42.8 Å². The summed E-state index contributed by atoms with van der Waals surface area (Å²) in [7, 11) is 1.42. The van der Waals surface area contributed by atoms with Crippen LogP contribution in [0.5, 0.6) is 11.5 Å². The second-order valence-corrected chi connectivity index (χ2v) is 6.41. The van der Waals surface area contributed by atoms with Crippen LogP contribution in [0.2, 0.25) is 10.0 Å². The Bertz CT molecular complexity index is 715. The first-order valence-corrected chi connectivity index (χ1v) is 8.49. The Labute approximate surface area is 156 Å². The van der Waals surface area contributed by atoms with E-state index in [1.807, 2.05) is 6.92 Å². The first-order chi connectivity index (χ1) is 11.9. The summed E-state index contributed by atoms with van der Waals surface area (Å²) in [4.78, 5) is 0. The van der Waals surface area contributed by atoms with Crippen LogP contribution in [0.15, 0.2) is 36.4 Å². The molecule has 0 aliphatic heterocycles. The Balaban J connectivity index is 1.82. The SMILES string of the molecule is COc1ccc([C@H](C)NC[C@H](O)COc2ccc(Cl)cc2Cl)cc1F. The number of rotatable bonds is 8. The number of nitrogens with one attached hydrogen (secondary N) is 1. The smallest absolute Gasteiger partial charge is 0.165 e. The molecule has 2 atom stereocenters. The van der Waals surface area contributed by atoms with Crippen molar-refractivity contribution >= 4 is 23.2 Å². The Morgan fingerprint density at radius 1 is 1.16 bits per heavy atom. The van der Waals surface area contributed by atoms with Crippen molar-refractivity contribution in [2.75, 3.05) is 20.3 Å². The van der Waals surface area contributed by atoms with Gasteiger partial charge in [-0.1, -0.05) is 29.3 Å². The number of benzene rings is 2. The molecule has 0 aliphatic rings. The van der Waals surface area contributed by atoms with Crippen LogP contribution < -0.4 is 14.8 Å². The lowest BCUT2D eigenvalue weighted by atomic mass is 10.1. The summed E-state index contributed by atoms with van der Waals surface area (Å²) in [5.41, 5.74) is 0.757. The van der Waals surface area contributed by atoms with Crippen molar-refractivity contribution in [2.45, 2.75) is 19.1 Å². The van der Waals surface area contributed by atoms with Gasteiger partial charge >= 0.3 is 0 Å². The van der Waals surface area contributed by atoms with E-state index < -0.39 is 11.9 Å². The van der Waals surface area contributed by atoms with E-state index in [1.165, 1.54) is 13.2 Å². The summed E-state index contributed by atoms with van der Waals surface area (Å²) < 4.78 is 24.1. The van der Waals surface area contributed by atoms with Crippen LogP contribution in [-0.4, -0.2) is 31.5 Å². The van der Waals surface area contributed by atoms with Crippen LogP contribution in [-0.2, 0) is 0 Å². The zero-order chi connectivity index (χ0) is 18.4. The average Bonchev–Trinajstić information content (AvgIpc) is 2.58. The molecule has 0 aliphatic carbocycles. The van der Waals surface area contributed by atoms with Crippen LogP contribution >= 0.6 is 23.2 Å². The van der Waals surface area contributed by atoms with E-state index in [-0.39, 0.29) is 24.9 Å². The Morgan fingerprint density at radius 3 is 2.52 bits per heavy atom. The first-order valence-electron chi connectivity index (χ1n) is 7.73. The fourth-order valence-electron chi connectivity index (χ4n) is 2.22. The van der Waals surface area contributed by atoms with Crippen molar-refractivity contribution < 1.29 is 19.0 Å². The van der Waals surface area contributed by atoms with Crippen LogP contribution in [0.3, 0.4) is 0 Å². The molecule has 2 N–H and O–H groups in total. The largest absolute Gasteiger partial charge is 0.494 e. The molecular formula is C18H20Cl2FNO3. The first kappa shape index (κ1) is 19.8. The molecule has 2 aromatic rings. The molecule has 0 spiro atoms. The number of hydrogen-bond donors (Lipinski definition) is 2. The number of hydrogen-bond acceptors (Lipinski definition) is 4. The maximum absolute atomic E-state index is 13.7. The van der Waals surface area contributed by atoms with Crippen molar-refractivity contribution in [1.82, 2.24) is 5.32 Å². The molecule has 0 saturated heterocycles. The third-order valence-electron chi connectivity index (χ3n) is 3.66. The summed E-state index contributed by atoms with van der Waals surface area (Å²) in [5.74, 6) is 0.231. The number of ether oxygens (including phenoxy) is 2. The zero-order valence-corrected chi connectivity index (χ0v) is 15.4. The average molecular weight is 388 g/mol. The maximum atomic E-state index is 13.7. The molecule has 0 fully saturated rings. The minimum absolute atomic E-state index is 0.0675. The fraction of sp³-hybridized carbons (Fsp3) is 0.333. The molecule has 4 nitrogen and oxygen atoms in total. The topological polar surface area (TPSA) is 50.7 Å². The summed E-state index contributed by atoms with van der Waals surface area (Å²) in [5, 5.41) is 14.1. The molecule has 136 valence electrons. The van der Waals surface area contributed by atoms with E-state index in [0.29, 0.717) is 15.8 Å². The summed E-state index contributed by atoms with van der Waals surface area (Å²) >= 11 is 11.8. The number of halogens is 3. The van der Waals surface area contributed by atoms with Crippen molar-refractivity contribution in [2.24, 2.45) is 0 Å². The lowest BCUT2D eigenvalue weighted by molar-refractivity contribution is 0.104. The van der Waals surface area contributed by atoms with Gasteiger partial charge in [0.1, 0.15) is 18.5 Å². The summed E-state index contributed by atoms with van der Waals surface area (Å²) in [6.07, 6.45) is -0.753. The number of aliphatic hydroxyl groups is 1. The van der Waals surface area contributed by atoms with Gasteiger partial charge in [0, 0.05) is 17.6 Å². The van der Waals surface area contributed by atoms with Gasteiger partial charge in [-0.2, -0.15) is 0 Å². The highest BCUT2D eigenvalue weighted by Crippen LogP contribution is 2.27. The standard InChI is InChI=1S/C18H20Cl2FNO3/c1-11(12-3-5-18(24-2)16(21)7-12)22-9-14(23)10-25-17-6-4-13(19)8-15(17)20/h3-8,11,14,22-23H,9-10H2,1-2H3/t11-,14-/m0/s1. The van der Waals surface area contributed by atoms with Crippen molar-refractivity contribution in [3.8, 4) is 11.5 Å². The molecule has 0 radical (unpaired) electrons. The third kappa shape index (κ3) is 5.75. The van der Waals surface area contributed by atoms with E-state index in [1.54, 1.807) is 30.3 Å². The van der Waals surface area contributed by atoms with Crippen molar-refractivity contribution in [3.05, 3.63) is 57.8 Å². The minimum atomic E-state index is -0.753. The molecule has 0 aromatic heterocycles. The number of methoxy groups -OCH3 is 1. The third-order valence-corrected chi connectivity index (χ3v) is 4.19. The van der Waals surface area contributed by atoms with Gasteiger partial charge in [-0.3, -0.25) is 0 Å². The minimum Gasteiger partial charge on any atom is -0.494 e. The van der Waals surface area contributed by atoms with Gasteiger partial charge < -0.3 is 19.9 Å². The fourth-order valence-corrected chi connectivity index (χ4v) is 2.68. The van der Waals surface area contributed by atoms with Gasteiger partial charge in [-0.15, -0.1) is 0 Å². The lowest BCUT2D eigenvalue weighted by Gasteiger charge is -2.18. The second-order valence-electron chi connectivity index (χ2n) is 5.56. The van der Waals surface area contributed by atoms with Crippen LogP contribution in [0.4, 0.5) is 4.39 Å². The molecule has 2 rings (SSSR count). The maximum Gasteiger partial charge on any atom is 0.165 e. The van der Waals surface area contributed by atoms with Crippen molar-refractivity contribution in [1.29, 1.82) is 0 Å². The highest BCUT2D eigenvalue weighted by atomic mass is 35.5. The van der Waals surface area contributed by atoms with Gasteiger partial charge in [0.05, 0.1) is 12.1 Å². The molecule has 0 heterocycles. The Morgan fingerprint density at radius 2 is 1.88 bits per heavy atom. The highest BCUT2D eigenvalue weighted by Gasteiger charge is 2.12. The molecule has 25 heavy (non-hydrogen) atoms.